The van der Waals surface area contributed by atoms with Crippen molar-refractivity contribution in [3.63, 3.8) is 0 Å². The van der Waals surface area contributed by atoms with E-state index in [0.717, 1.165) is 24.8 Å². The number of halogens is 1. The van der Waals surface area contributed by atoms with Gasteiger partial charge in [0.2, 0.25) is 5.91 Å². The molecule has 1 aliphatic carbocycles. The van der Waals surface area contributed by atoms with Crippen LogP contribution < -0.4 is 5.32 Å². The Hall–Kier alpha value is -1.55. The van der Waals surface area contributed by atoms with Crippen molar-refractivity contribution < 1.29 is 14.7 Å². The molecule has 4 nitrogen and oxygen atoms in total. The van der Waals surface area contributed by atoms with Gasteiger partial charge >= 0.3 is 5.97 Å². The molecule has 114 valence electrons. The fourth-order valence-electron chi connectivity index (χ4n) is 2.76. The van der Waals surface area contributed by atoms with E-state index >= 15 is 0 Å². The summed E-state index contributed by atoms with van der Waals surface area (Å²) in [6.07, 6.45) is 2.41. The summed E-state index contributed by atoms with van der Waals surface area (Å²) in [5.74, 6) is -1.38. The fourth-order valence-corrected chi connectivity index (χ4v) is 2.95. The smallest absolute Gasteiger partial charge is 0.326 e. The zero-order chi connectivity index (χ0) is 15.6. The Balaban J connectivity index is 2.24. The average Bonchev–Trinajstić information content (AvgIpc) is 2.34. The molecular weight excluding hydrogens is 290 g/mol. The SMILES string of the molecule is CC(C)[C@@H](NC(=O)C1(c2cccc(Cl)c2)CCC1)C(=O)O. The topological polar surface area (TPSA) is 66.4 Å². The summed E-state index contributed by atoms with van der Waals surface area (Å²) in [5.41, 5.74) is 0.236. The van der Waals surface area contributed by atoms with Gasteiger partial charge in [-0.3, -0.25) is 4.79 Å². The molecule has 0 aliphatic heterocycles. The van der Waals surface area contributed by atoms with E-state index in [0.29, 0.717) is 5.02 Å². The number of benzene rings is 1. The Kier molecular flexibility index (Phi) is 4.57. The average molecular weight is 310 g/mol. The Labute approximate surface area is 129 Å². The van der Waals surface area contributed by atoms with Crippen LogP contribution in [0.5, 0.6) is 0 Å². The Morgan fingerprint density at radius 1 is 1.33 bits per heavy atom. The Morgan fingerprint density at radius 2 is 2.00 bits per heavy atom. The minimum atomic E-state index is -1.00. The molecule has 0 saturated heterocycles. The lowest BCUT2D eigenvalue weighted by molar-refractivity contribution is -0.144. The van der Waals surface area contributed by atoms with Gasteiger partial charge in [0.1, 0.15) is 6.04 Å². The van der Waals surface area contributed by atoms with Crippen LogP contribution in [0.3, 0.4) is 0 Å². The first kappa shape index (κ1) is 15.8. The molecule has 1 aliphatic rings. The van der Waals surface area contributed by atoms with Crippen molar-refractivity contribution in [1.29, 1.82) is 0 Å². The molecule has 2 N–H and O–H groups in total. The van der Waals surface area contributed by atoms with Gasteiger partial charge in [0.25, 0.3) is 0 Å². The quantitative estimate of drug-likeness (QED) is 0.878. The lowest BCUT2D eigenvalue weighted by atomic mass is 9.63. The minimum absolute atomic E-state index is 0.164. The molecule has 0 heterocycles. The zero-order valence-electron chi connectivity index (χ0n) is 12.2. The third kappa shape index (κ3) is 3.05. The van der Waals surface area contributed by atoms with E-state index < -0.39 is 17.4 Å². The van der Waals surface area contributed by atoms with Crippen molar-refractivity contribution in [3.05, 3.63) is 34.9 Å². The van der Waals surface area contributed by atoms with Crippen molar-refractivity contribution in [2.45, 2.75) is 44.6 Å². The van der Waals surface area contributed by atoms with Crippen LogP contribution in [0.15, 0.2) is 24.3 Å². The van der Waals surface area contributed by atoms with Gasteiger partial charge in [0, 0.05) is 5.02 Å². The molecule has 1 fully saturated rings. The van der Waals surface area contributed by atoms with Gasteiger partial charge in [-0.25, -0.2) is 4.79 Å². The van der Waals surface area contributed by atoms with Crippen LogP contribution in [0, 0.1) is 5.92 Å². The van der Waals surface area contributed by atoms with Crippen LogP contribution in [0.25, 0.3) is 0 Å². The Bertz CT molecular complexity index is 552. The summed E-state index contributed by atoms with van der Waals surface area (Å²) in [7, 11) is 0. The normalized spacial score (nSPS) is 17.9. The second-order valence-electron chi connectivity index (χ2n) is 5.98. The summed E-state index contributed by atoms with van der Waals surface area (Å²) >= 11 is 6.02. The number of aliphatic carboxylic acids is 1. The summed E-state index contributed by atoms with van der Waals surface area (Å²) in [6, 6.07) is 6.40. The van der Waals surface area contributed by atoms with Gasteiger partial charge in [-0.15, -0.1) is 0 Å². The molecule has 1 aromatic carbocycles. The van der Waals surface area contributed by atoms with E-state index in [9.17, 15) is 14.7 Å². The number of nitrogens with one attached hydrogen (secondary N) is 1. The maximum absolute atomic E-state index is 12.7. The maximum Gasteiger partial charge on any atom is 0.326 e. The molecule has 0 radical (unpaired) electrons. The van der Waals surface area contributed by atoms with E-state index in [-0.39, 0.29) is 11.8 Å². The first-order valence-electron chi connectivity index (χ1n) is 7.16. The number of carbonyl (C=O) groups is 2. The summed E-state index contributed by atoms with van der Waals surface area (Å²) in [4.78, 5) is 23.9. The van der Waals surface area contributed by atoms with E-state index in [4.69, 9.17) is 11.6 Å². The fraction of sp³-hybridized carbons (Fsp3) is 0.500. The van der Waals surface area contributed by atoms with Crippen LogP contribution in [0.4, 0.5) is 0 Å². The number of hydrogen-bond donors (Lipinski definition) is 2. The molecular formula is C16H20ClNO3. The van der Waals surface area contributed by atoms with Crippen molar-refractivity contribution in [2.24, 2.45) is 5.92 Å². The highest BCUT2D eigenvalue weighted by Crippen LogP contribution is 2.44. The van der Waals surface area contributed by atoms with Crippen molar-refractivity contribution >= 4 is 23.5 Å². The summed E-state index contributed by atoms with van der Waals surface area (Å²) in [5, 5.41) is 12.5. The lowest BCUT2D eigenvalue weighted by Gasteiger charge is -2.41. The predicted octanol–water partition coefficient (Wildman–Crippen LogP) is 2.99. The molecule has 0 spiro atoms. The van der Waals surface area contributed by atoms with Crippen molar-refractivity contribution in [1.82, 2.24) is 5.32 Å². The van der Waals surface area contributed by atoms with Crippen LogP contribution in [-0.4, -0.2) is 23.0 Å². The second-order valence-corrected chi connectivity index (χ2v) is 6.42. The van der Waals surface area contributed by atoms with Gasteiger partial charge < -0.3 is 10.4 Å². The highest BCUT2D eigenvalue weighted by Gasteiger charge is 2.46. The van der Waals surface area contributed by atoms with Gasteiger partial charge in [-0.2, -0.15) is 0 Å². The van der Waals surface area contributed by atoms with Gasteiger partial charge in [0.05, 0.1) is 5.41 Å². The second kappa shape index (κ2) is 6.06. The molecule has 0 aromatic heterocycles. The molecule has 21 heavy (non-hydrogen) atoms. The molecule has 1 amide bonds. The van der Waals surface area contributed by atoms with Crippen LogP contribution in [-0.2, 0) is 15.0 Å². The number of carboxylic acids is 1. The third-order valence-electron chi connectivity index (χ3n) is 4.24. The first-order valence-corrected chi connectivity index (χ1v) is 7.54. The first-order chi connectivity index (χ1) is 9.86. The molecule has 5 heteroatoms. The van der Waals surface area contributed by atoms with E-state index in [1.807, 2.05) is 12.1 Å². The number of carboxylic acid groups (broad SMARTS) is 1. The van der Waals surface area contributed by atoms with Gasteiger partial charge in [-0.05, 0) is 36.5 Å². The largest absolute Gasteiger partial charge is 0.480 e. The Morgan fingerprint density at radius 3 is 2.43 bits per heavy atom. The van der Waals surface area contributed by atoms with Crippen molar-refractivity contribution in [2.75, 3.05) is 0 Å². The lowest BCUT2D eigenvalue weighted by Crippen LogP contribution is -2.55. The third-order valence-corrected chi connectivity index (χ3v) is 4.47. The molecule has 1 aromatic rings. The van der Waals surface area contributed by atoms with E-state index in [1.54, 1.807) is 26.0 Å². The van der Waals surface area contributed by atoms with Gasteiger partial charge in [0.15, 0.2) is 0 Å². The van der Waals surface area contributed by atoms with Crippen LogP contribution in [0.1, 0.15) is 38.7 Å². The molecule has 0 unspecified atom stereocenters. The number of rotatable bonds is 5. The zero-order valence-corrected chi connectivity index (χ0v) is 13.0. The van der Waals surface area contributed by atoms with Crippen LogP contribution >= 0.6 is 11.6 Å². The van der Waals surface area contributed by atoms with Crippen LogP contribution in [0.2, 0.25) is 5.02 Å². The number of hydrogen-bond acceptors (Lipinski definition) is 2. The molecule has 1 saturated carbocycles. The van der Waals surface area contributed by atoms with Crippen molar-refractivity contribution in [3.8, 4) is 0 Å². The molecule has 2 rings (SSSR count). The molecule has 1 atom stereocenters. The van der Waals surface area contributed by atoms with E-state index in [2.05, 4.69) is 5.32 Å². The maximum atomic E-state index is 12.7. The minimum Gasteiger partial charge on any atom is -0.480 e. The standard InChI is InChI=1S/C16H20ClNO3/c1-10(2)13(14(19)20)18-15(21)16(7-4-8-16)11-5-3-6-12(17)9-11/h3,5-6,9-10,13H,4,7-8H2,1-2H3,(H,18,21)(H,19,20)/t13-/m1/s1. The van der Waals surface area contributed by atoms with E-state index in [1.165, 1.54) is 0 Å². The number of amides is 1. The summed E-state index contributed by atoms with van der Waals surface area (Å²) in [6.45, 7) is 3.57. The highest BCUT2D eigenvalue weighted by atomic mass is 35.5. The van der Waals surface area contributed by atoms with Gasteiger partial charge in [-0.1, -0.05) is 44.0 Å². The number of carbonyl (C=O) groups excluding carboxylic acids is 1. The molecule has 0 bridgehead atoms. The predicted molar refractivity (Wildman–Crippen MR) is 81.4 cm³/mol. The highest BCUT2D eigenvalue weighted by molar-refractivity contribution is 6.30. The summed E-state index contributed by atoms with van der Waals surface area (Å²) < 4.78 is 0. The monoisotopic (exact) mass is 309 g/mol.